The number of pyridine rings is 1. The molecule has 1 heterocycles. The maximum Gasteiger partial charge on any atom is 0.246 e. The number of para-hydroxylation sites is 1. The number of anilines is 1. The summed E-state index contributed by atoms with van der Waals surface area (Å²) >= 11 is 0. The molecular weight excluding hydrogens is 422 g/mol. The van der Waals surface area contributed by atoms with Crippen molar-refractivity contribution in [2.24, 2.45) is 0 Å². The fraction of sp³-hybridized carbons (Fsp3) is 0.400. The molecule has 1 aromatic heterocycles. The number of benzene rings is 1. The third-order valence-electron chi connectivity index (χ3n) is 4.84. The molecule has 33 heavy (non-hydrogen) atoms. The Bertz CT molecular complexity index is 946. The summed E-state index contributed by atoms with van der Waals surface area (Å²) in [5.41, 5.74) is 2.47. The van der Waals surface area contributed by atoms with E-state index in [0.717, 1.165) is 23.1 Å². The van der Waals surface area contributed by atoms with Crippen LogP contribution in [-0.4, -0.2) is 56.2 Å². The van der Waals surface area contributed by atoms with Gasteiger partial charge < -0.3 is 24.4 Å². The Kier molecular flexibility index (Phi) is 10.9. The van der Waals surface area contributed by atoms with Crippen molar-refractivity contribution in [2.45, 2.75) is 33.2 Å². The summed E-state index contributed by atoms with van der Waals surface area (Å²) in [4.78, 5) is 29.5. The Labute approximate surface area is 195 Å². The number of ether oxygens (including phenoxy) is 3. The van der Waals surface area contributed by atoms with Crippen molar-refractivity contribution < 1.29 is 23.8 Å². The van der Waals surface area contributed by atoms with Gasteiger partial charge in [0, 0.05) is 38.0 Å². The molecule has 2 aromatic rings. The van der Waals surface area contributed by atoms with Gasteiger partial charge >= 0.3 is 0 Å². The molecule has 0 spiro atoms. The molecule has 0 saturated carbocycles. The first-order valence-electron chi connectivity index (χ1n) is 11.0. The Balaban J connectivity index is 2.12. The van der Waals surface area contributed by atoms with Gasteiger partial charge in [0.25, 0.3) is 0 Å². The number of likely N-dealkylation sites (N-methyl/N-ethyl adjacent to an activating group) is 1. The largest absolute Gasteiger partial charge is 0.493 e. The molecule has 0 bridgehead atoms. The predicted octanol–water partition coefficient (Wildman–Crippen LogP) is 3.70. The minimum atomic E-state index is -0.162. The second-order valence-electron chi connectivity index (χ2n) is 7.31. The van der Waals surface area contributed by atoms with E-state index >= 15 is 0 Å². The van der Waals surface area contributed by atoms with Crippen molar-refractivity contribution in [3.63, 3.8) is 0 Å². The van der Waals surface area contributed by atoms with Crippen molar-refractivity contribution in [1.82, 2.24) is 9.88 Å². The van der Waals surface area contributed by atoms with E-state index in [9.17, 15) is 9.59 Å². The van der Waals surface area contributed by atoms with Crippen molar-refractivity contribution in [3.05, 3.63) is 53.2 Å². The average Bonchev–Trinajstić information content (AvgIpc) is 2.83. The molecule has 0 aliphatic carbocycles. The molecule has 0 atom stereocenters. The molecule has 0 aliphatic heterocycles. The number of hydrogen-bond donors (Lipinski definition) is 1. The van der Waals surface area contributed by atoms with Crippen LogP contribution in [0.4, 0.5) is 5.82 Å². The van der Waals surface area contributed by atoms with Gasteiger partial charge in [-0.25, -0.2) is 4.98 Å². The zero-order valence-electron chi connectivity index (χ0n) is 19.8. The lowest BCUT2D eigenvalue weighted by Gasteiger charge is -2.19. The molecule has 0 saturated heterocycles. The van der Waals surface area contributed by atoms with Crippen LogP contribution < -0.4 is 14.8 Å². The number of carbonyl (C=O) groups excluding carboxylic acids is 2. The molecule has 0 radical (unpaired) electrons. The first-order valence-corrected chi connectivity index (χ1v) is 11.0. The van der Waals surface area contributed by atoms with Crippen LogP contribution in [0.15, 0.2) is 36.5 Å². The fourth-order valence-electron chi connectivity index (χ4n) is 3.17. The summed E-state index contributed by atoms with van der Waals surface area (Å²) in [7, 11) is 3.33. The molecule has 2 amide bonds. The summed E-state index contributed by atoms with van der Waals surface area (Å²) in [6.07, 6.45) is 6.89. The number of methoxy groups -OCH3 is 1. The highest BCUT2D eigenvalue weighted by Crippen LogP contribution is 2.32. The van der Waals surface area contributed by atoms with E-state index in [1.807, 2.05) is 38.1 Å². The van der Waals surface area contributed by atoms with Crippen LogP contribution in [0.5, 0.6) is 11.5 Å². The van der Waals surface area contributed by atoms with Crippen LogP contribution in [0.3, 0.4) is 0 Å². The van der Waals surface area contributed by atoms with Gasteiger partial charge in [-0.1, -0.05) is 19.1 Å². The number of hydrogen-bond acceptors (Lipinski definition) is 6. The third-order valence-corrected chi connectivity index (χ3v) is 4.84. The number of nitrogens with zero attached hydrogens (tertiary/aromatic N) is 2. The van der Waals surface area contributed by atoms with Crippen LogP contribution in [0, 0.1) is 0 Å². The van der Waals surface area contributed by atoms with Gasteiger partial charge in [0.05, 0.1) is 20.3 Å². The summed E-state index contributed by atoms with van der Waals surface area (Å²) in [6.45, 7) is 6.03. The van der Waals surface area contributed by atoms with Gasteiger partial charge in [-0.05, 0) is 49.1 Å². The average molecular weight is 456 g/mol. The molecule has 1 N–H and O–H groups in total. The van der Waals surface area contributed by atoms with E-state index in [4.69, 9.17) is 14.2 Å². The normalized spacial score (nSPS) is 10.8. The molecule has 0 fully saturated rings. The molecule has 0 aliphatic rings. The topological polar surface area (TPSA) is 90.0 Å². The highest BCUT2D eigenvalue weighted by molar-refractivity contribution is 5.91. The first-order chi connectivity index (χ1) is 16.0. The van der Waals surface area contributed by atoms with Crippen molar-refractivity contribution >= 4 is 24.2 Å². The van der Waals surface area contributed by atoms with E-state index < -0.39 is 0 Å². The van der Waals surface area contributed by atoms with E-state index in [1.165, 1.54) is 6.08 Å². The minimum absolute atomic E-state index is 0.162. The SMILES string of the molecule is CCCOc1c(CN(C)C(=O)/C=C/c2cnc(NC=O)c(CCOCC)c2)cccc1OC. The standard InChI is InChI=1S/C25H33N3O5/c1-5-13-33-24-21(8-7-9-22(24)31-4)17-28(3)23(30)11-10-19-15-20(12-14-32-6-2)25(26-16-19)27-18-29/h7-11,15-16,18H,5-6,12-14,17H2,1-4H3,(H,26,27,29)/b11-10+. The Morgan fingerprint density at radius 1 is 1.21 bits per heavy atom. The van der Waals surface area contributed by atoms with Gasteiger partial charge in [-0.15, -0.1) is 0 Å². The van der Waals surface area contributed by atoms with Crippen LogP contribution in [0.25, 0.3) is 6.08 Å². The van der Waals surface area contributed by atoms with E-state index in [1.54, 1.807) is 31.3 Å². The number of rotatable bonds is 14. The maximum absolute atomic E-state index is 12.7. The number of nitrogens with one attached hydrogen (secondary N) is 1. The zero-order chi connectivity index (χ0) is 24.1. The second-order valence-corrected chi connectivity index (χ2v) is 7.31. The summed E-state index contributed by atoms with van der Waals surface area (Å²) in [5.74, 6) is 1.63. The highest BCUT2D eigenvalue weighted by atomic mass is 16.5. The van der Waals surface area contributed by atoms with E-state index in [-0.39, 0.29) is 5.91 Å². The van der Waals surface area contributed by atoms with Crippen LogP contribution >= 0.6 is 0 Å². The van der Waals surface area contributed by atoms with Gasteiger partial charge in [0.1, 0.15) is 5.82 Å². The van der Waals surface area contributed by atoms with Gasteiger partial charge in [-0.2, -0.15) is 0 Å². The number of aromatic nitrogens is 1. The lowest BCUT2D eigenvalue weighted by molar-refractivity contribution is -0.125. The van der Waals surface area contributed by atoms with Gasteiger partial charge in [0.2, 0.25) is 12.3 Å². The molecule has 2 rings (SSSR count). The van der Waals surface area contributed by atoms with Gasteiger partial charge in [0.15, 0.2) is 11.5 Å². The summed E-state index contributed by atoms with van der Waals surface area (Å²) < 4.78 is 16.7. The highest BCUT2D eigenvalue weighted by Gasteiger charge is 2.14. The fourth-order valence-corrected chi connectivity index (χ4v) is 3.17. The predicted molar refractivity (Wildman–Crippen MR) is 128 cm³/mol. The smallest absolute Gasteiger partial charge is 0.246 e. The number of carbonyl (C=O) groups is 2. The van der Waals surface area contributed by atoms with Crippen molar-refractivity contribution in [3.8, 4) is 11.5 Å². The lowest BCUT2D eigenvalue weighted by Crippen LogP contribution is -2.24. The Hall–Kier alpha value is -3.39. The van der Waals surface area contributed by atoms with Crippen molar-refractivity contribution in [2.75, 3.05) is 39.3 Å². The molecular formula is C25H33N3O5. The first kappa shape index (κ1) is 25.9. The zero-order valence-corrected chi connectivity index (χ0v) is 19.8. The van der Waals surface area contributed by atoms with Crippen LogP contribution in [-0.2, 0) is 27.3 Å². The molecule has 8 nitrogen and oxygen atoms in total. The summed E-state index contributed by atoms with van der Waals surface area (Å²) in [5, 5.41) is 2.60. The number of amides is 2. The molecule has 0 unspecified atom stereocenters. The Morgan fingerprint density at radius 2 is 2.03 bits per heavy atom. The van der Waals surface area contributed by atoms with Crippen LogP contribution in [0.2, 0.25) is 0 Å². The van der Waals surface area contributed by atoms with E-state index in [0.29, 0.717) is 56.5 Å². The van der Waals surface area contributed by atoms with Crippen molar-refractivity contribution in [1.29, 1.82) is 0 Å². The quantitative estimate of drug-likeness (QED) is 0.265. The molecule has 1 aromatic carbocycles. The lowest BCUT2D eigenvalue weighted by atomic mass is 10.1. The Morgan fingerprint density at radius 3 is 2.73 bits per heavy atom. The second kappa shape index (κ2) is 13.9. The van der Waals surface area contributed by atoms with E-state index in [2.05, 4.69) is 10.3 Å². The molecule has 178 valence electrons. The monoisotopic (exact) mass is 455 g/mol. The minimum Gasteiger partial charge on any atom is -0.493 e. The summed E-state index contributed by atoms with van der Waals surface area (Å²) in [6, 6.07) is 7.54. The maximum atomic E-state index is 12.7. The van der Waals surface area contributed by atoms with Gasteiger partial charge in [-0.3, -0.25) is 9.59 Å². The van der Waals surface area contributed by atoms with Crippen LogP contribution in [0.1, 0.15) is 37.0 Å². The third kappa shape index (κ3) is 7.91. The molecule has 8 heteroatoms.